The van der Waals surface area contributed by atoms with Gasteiger partial charge in [-0.25, -0.2) is 0 Å². The Labute approximate surface area is 76.7 Å². The predicted octanol–water partition coefficient (Wildman–Crippen LogP) is 3.09. The van der Waals surface area contributed by atoms with E-state index < -0.39 is 0 Å². The van der Waals surface area contributed by atoms with Crippen LogP contribution in [-0.4, -0.2) is 6.54 Å². The van der Waals surface area contributed by atoms with Gasteiger partial charge in [0.25, 0.3) is 0 Å². The summed E-state index contributed by atoms with van der Waals surface area (Å²) >= 11 is 0. The first-order valence-corrected chi connectivity index (χ1v) is 5.63. The smallest absolute Gasteiger partial charge is 0.00772 e. The lowest BCUT2D eigenvalue weighted by atomic mass is 9.88. The Morgan fingerprint density at radius 1 is 0.917 bits per heavy atom. The molecule has 0 aliphatic heterocycles. The quantitative estimate of drug-likeness (QED) is 0.690. The topological polar surface area (TPSA) is 26.0 Å². The van der Waals surface area contributed by atoms with E-state index in [1.807, 2.05) is 0 Å². The molecule has 1 fully saturated rings. The van der Waals surface area contributed by atoms with Gasteiger partial charge in [-0.05, 0) is 25.3 Å². The lowest BCUT2D eigenvalue weighted by molar-refractivity contribution is 0.353. The van der Waals surface area contributed by atoms with Gasteiger partial charge in [0.05, 0.1) is 0 Å². The monoisotopic (exact) mass is 169 g/mol. The highest BCUT2D eigenvalue weighted by atomic mass is 14.5. The molecule has 0 atom stereocenters. The second kappa shape index (κ2) is 6.47. The molecular weight excluding hydrogens is 146 g/mol. The van der Waals surface area contributed by atoms with E-state index in [0.717, 1.165) is 12.5 Å². The number of rotatable bonds is 3. The van der Waals surface area contributed by atoms with Gasteiger partial charge in [-0.1, -0.05) is 44.9 Å². The van der Waals surface area contributed by atoms with Crippen molar-refractivity contribution in [2.24, 2.45) is 11.7 Å². The third-order valence-corrected chi connectivity index (χ3v) is 3.04. The van der Waals surface area contributed by atoms with Gasteiger partial charge < -0.3 is 5.73 Å². The summed E-state index contributed by atoms with van der Waals surface area (Å²) in [6, 6.07) is 0. The van der Waals surface area contributed by atoms with E-state index in [1.165, 1.54) is 57.8 Å². The second-order valence-corrected chi connectivity index (χ2v) is 4.14. The SMILES string of the molecule is NCCCC1CCCCCCC1. The zero-order valence-corrected chi connectivity index (χ0v) is 8.23. The average molecular weight is 169 g/mol. The predicted molar refractivity (Wildman–Crippen MR) is 54.1 cm³/mol. The number of nitrogens with two attached hydrogens (primary N) is 1. The first-order valence-electron chi connectivity index (χ1n) is 5.63. The Balaban J connectivity index is 2.11. The maximum Gasteiger partial charge on any atom is -0.00772 e. The van der Waals surface area contributed by atoms with Crippen molar-refractivity contribution in [3.8, 4) is 0 Å². The summed E-state index contributed by atoms with van der Waals surface area (Å²) in [5.41, 5.74) is 5.52. The van der Waals surface area contributed by atoms with Crippen LogP contribution in [0.5, 0.6) is 0 Å². The summed E-state index contributed by atoms with van der Waals surface area (Å²) in [5.74, 6) is 1.01. The van der Waals surface area contributed by atoms with E-state index in [2.05, 4.69) is 0 Å². The van der Waals surface area contributed by atoms with Crippen molar-refractivity contribution in [2.75, 3.05) is 6.54 Å². The Bertz CT molecular complexity index is 90.4. The molecule has 12 heavy (non-hydrogen) atoms. The molecule has 0 saturated heterocycles. The van der Waals surface area contributed by atoms with E-state index in [0.29, 0.717) is 0 Å². The molecule has 0 aromatic carbocycles. The fourth-order valence-electron chi connectivity index (χ4n) is 2.24. The van der Waals surface area contributed by atoms with E-state index in [4.69, 9.17) is 5.73 Å². The van der Waals surface area contributed by atoms with Crippen LogP contribution in [-0.2, 0) is 0 Å². The molecule has 0 bridgehead atoms. The van der Waals surface area contributed by atoms with Gasteiger partial charge in [-0.15, -0.1) is 0 Å². The standard InChI is InChI=1S/C11H23N/c12-10-6-9-11-7-4-2-1-3-5-8-11/h11H,1-10,12H2. The van der Waals surface area contributed by atoms with Gasteiger partial charge in [-0.2, -0.15) is 0 Å². The van der Waals surface area contributed by atoms with Gasteiger partial charge >= 0.3 is 0 Å². The molecule has 0 aromatic rings. The maximum atomic E-state index is 5.52. The zero-order chi connectivity index (χ0) is 8.65. The maximum absolute atomic E-state index is 5.52. The van der Waals surface area contributed by atoms with Crippen LogP contribution in [0.1, 0.15) is 57.8 Å². The van der Waals surface area contributed by atoms with E-state index in [1.54, 1.807) is 0 Å². The molecule has 2 N–H and O–H groups in total. The summed E-state index contributed by atoms with van der Waals surface area (Å²) < 4.78 is 0. The van der Waals surface area contributed by atoms with Gasteiger partial charge in [0.15, 0.2) is 0 Å². The summed E-state index contributed by atoms with van der Waals surface area (Å²) in [4.78, 5) is 0. The van der Waals surface area contributed by atoms with Crippen molar-refractivity contribution in [3.63, 3.8) is 0 Å². The molecule has 0 radical (unpaired) electrons. The van der Waals surface area contributed by atoms with Gasteiger partial charge in [-0.3, -0.25) is 0 Å². The van der Waals surface area contributed by atoms with Crippen LogP contribution in [0.3, 0.4) is 0 Å². The third-order valence-electron chi connectivity index (χ3n) is 3.04. The van der Waals surface area contributed by atoms with Crippen LogP contribution in [0.25, 0.3) is 0 Å². The van der Waals surface area contributed by atoms with Gasteiger partial charge in [0.1, 0.15) is 0 Å². The minimum absolute atomic E-state index is 0.885. The second-order valence-electron chi connectivity index (χ2n) is 4.14. The van der Waals surface area contributed by atoms with Crippen LogP contribution >= 0.6 is 0 Å². The molecule has 72 valence electrons. The first kappa shape index (κ1) is 10.0. The molecule has 0 unspecified atom stereocenters. The fraction of sp³-hybridized carbons (Fsp3) is 1.00. The molecule has 1 nitrogen and oxygen atoms in total. The van der Waals surface area contributed by atoms with Crippen LogP contribution in [0.4, 0.5) is 0 Å². The fourth-order valence-corrected chi connectivity index (χ4v) is 2.24. The van der Waals surface area contributed by atoms with Crippen molar-refractivity contribution < 1.29 is 0 Å². The highest BCUT2D eigenvalue weighted by Gasteiger charge is 2.09. The largest absolute Gasteiger partial charge is 0.330 e. The van der Waals surface area contributed by atoms with Gasteiger partial charge in [0, 0.05) is 0 Å². The highest BCUT2D eigenvalue weighted by molar-refractivity contribution is 4.63. The highest BCUT2D eigenvalue weighted by Crippen LogP contribution is 2.25. The normalized spacial score (nSPS) is 21.8. The third kappa shape index (κ3) is 4.10. The molecule has 0 aromatic heterocycles. The van der Waals surface area contributed by atoms with Crippen LogP contribution in [0, 0.1) is 5.92 Å². The molecule has 1 aliphatic rings. The average Bonchev–Trinajstić information content (AvgIpc) is 2.02. The van der Waals surface area contributed by atoms with Gasteiger partial charge in [0.2, 0.25) is 0 Å². The van der Waals surface area contributed by atoms with Crippen molar-refractivity contribution in [1.29, 1.82) is 0 Å². The molecule has 0 amide bonds. The summed E-state index contributed by atoms with van der Waals surface area (Å²) in [5, 5.41) is 0. The van der Waals surface area contributed by atoms with Crippen molar-refractivity contribution >= 4 is 0 Å². The Kier molecular flexibility index (Phi) is 5.42. The van der Waals surface area contributed by atoms with Crippen molar-refractivity contribution in [3.05, 3.63) is 0 Å². The molecule has 1 heteroatoms. The molecule has 0 heterocycles. The first-order chi connectivity index (χ1) is 5.93. The number of hydrogen-bond acceptors (Lipinski definition) is 1. The lowest BCUT2D eigenvalue weighted by Crippen LogP contribution is -2.07. The zero-order valence-electron chi connectivity index (χ0n) is 8.23. The Morgan fingerprint density at radius 3 is 2.08 bits per heavy atom. The molecule has 1 saturated carbocycles. The molecule has 1 aliphatic carbocycles. The van der Waals surface area contributed by atoms with Crippen LogP contribution in [0.15, 0.2) is 0 Å². The van der Waals surface area contributed by atoms with Crippen LogP contribution < -0.4 is 5.73 Å². The lowest BCUT2D eigenvalue weighted by Gasteiger charge is -2.18. The molecule has 1 rings (SSSR count). The minimum atomic E-state index is 0.885. The Morgan fingerprint density at radius 2 is 1.50 bits per heavy atom. The van der Waals surface area contributed by atoms with Crippen molar-refractivity contribution in [2.45, 2.75) is 57.8 Å². The van der Waals surface area contributed by atoms with Crippen LogP contribution in [0.2, 0.25) is 0 Å². The Hall–Kier alpha value is -0.0400. The minimum Gasteiger partial charge on any atom is -0.330 e. The number of hydrogen-bond donors (Lipinski definition) is 1. The summed E-state index contributed by atoms with van der Waals surface area (Å²) in [6.45, 7) is 0.885. The van der Waals surface area contributed by atoms with E-state index in [-0.39, 0.29) is 0 Å². The van der Waals surface area contributed by atoms with E-state index in [9.17, 15) is 0 Å². The molecule has 0 spiro atoms. The summed E-state index contributed by atoms with van der Waals surface area (Å²) in [6.07, 6.45) is 12.9. The summed E-state index contributed by atoms with van der Waals surface area (Å²) in [7, 11) is 0. The van der Waals surface area contributed by atoms with E-state index >= 15 is 0 Å². The molecular formula is C11H23N. The van der Waals surface area contributed by atoms with Crippen molar-refractivity contribution in [1.82, 2.24) is 0 Å².